The first-order valence-corrected chi connectivity index (χ1v) is 2.99. The van der Waals surface area contributed by atoms with Crippen molar-refractivity contribution in [2.24, 2.45) is 0 Å². The van der Waals surface area contributed by atoms with E-state index in [-0.39, 0.29) is 0 Å². The third-order valence-corrected chi connectivity index (χ3v) is 1.06. The Labute approximate surface area is 64.2 Å². The molecule has 0 atom stereocenters. The monoisotopic (exact) mass is 146 g/mol. The summed E-state index contributed by atoms with van der Waals surface area (Å²) in [4.78, 5) is 13.6. The Bertz CT molecular complexity index is 322. The van der Waals surface area contributed by atoms with E-state index in [0.717, 1.165) is 0 Å². The minimum atomic E-state index is 0.405. The topological polar surface area (TPSA) is 56.0 Å². The van der Waals surface area contributed by atoms with Crippen LogP contribution in [0, 0.1) is 11.8 Å². The van der Waals surface area contributed by atoms with Gasteiger partial charge in [-0.1, -0.05) is 5.92 Å². The molecule has 3 nitrogen and oxygen atoms in total. The molecule has 54 valence electrons. The van der Waals surface area contributed by atoms with Crippen LogP contribution >= 0.6 is 0 Å². The molecule has 2 N–H and O–H groups in total. The molecule has 1 aromatic rings. The summed E-state index contributed by atoms with van der Waals surface area (Å²) in [6.07, 6.45) is 2.08. The van der Waals surface area contributed by atoms with Gasteiger partial charge in [-0.15, -0.1) is 0 Å². The van der Waals surface area contributed by atoms with Crippen LogP contribution in [0.1, 0.15) is 5.56 Å². The molecule has 3 heteroatoms. The first-order chi connectivity index (χ1) is 5.33. The molecule has 0 unspecified atom stereocenters. The zero-order valence-electron chi connectivity index (χ0n) is 5.74. The number of anilines is 1. The van der Waals surface area contributed by atoms with Gasteiger partial charge in [0.05, 0.1) is 0 Å². The standard InChI is InChI=1S/C8H6N2O/c9-8-6-7(2-1-5-11)3-4-10-8/h3-6H,(H2,9,10). The first kappa shape index (κ1) is 7.29. The number of hydrogen-bond donors (Lipinski definition) is 1. The molecular weight excluding hydrogens is 140 g/mol. The van der Waals surface area contributed by atoms with Gasteiger partial charge >= 0.3 is 0 Å². The molecule has 0 bridgehead atoms. The van der Waals surface area contributed by atoms with E-state index in [1.807, 2.05) is 0 Å². The number of pyridine rings is 1. The van der Waals surface area contributed by atoms with Gasteiger partial charge in [0, 0.05) is 11.8 Å². The maximum Gasteiger partial charge on any atom is 0.193 e. The highest BCUT2D eigenvalue weighted by molar-refractivity contribution is 5.74. The summed E-state index contributed by atoms with van der Waals surface area (Å²) in [6, 6.07) is 3.30. The second-order valence-corrected chi connectivity index (χ2v) is 1.86. The smallest absolute Gasteiger partial charge is 0.193 e. The highest BCUT2D eigenvalue weighted by Crippen LogP contribution is 1.99. The van der Waals surface area contributed by atoms with E-state index >= 15 is 0 Å². The normalized spacial score (nSPS) is 8.00. The number of aldehydes is 1. The van der Waals surface area contributed by atoms with Gasteiger partial charge in [-0.25, -0.2) is 4.98 Å². The summed E-state index contributed by atoms with van der Waals surface area (Å²) >= 11 is 0. The minimum absolute atomic E-state index is 0.405. The van der Waals surface area contributed by atoms with Crippen molar-refractivity contribution in [3.63, 3.8) is 0 Å². The van der Waals surface area contributed by atoms with Crippen molar-refractivity contribution in [1.82, 2.24) is 4.98 Å². The molecule has 1 rings (SSSR count). The van der Waals surface area contributed by atoms with Crippen LogP contribution < -0.4 is 5.73 Å². The van der Waals surface area contributed by atoms with Crippen LogP contribution in [0.3, 0.4) is 0 Å². The van der Waals surface area contributed by atoms with Crippen molar-refractivity contribution in [3.05, 3.63) is 23.9 Å². The van der Waals surface area contributed by atoms with Gasteiger partial charge in [0.2, 0.25) is 0 Å². The van der Waals surface area contributed by atoms with Crippen LogP contribution in [0.4, 0.5) is 5.82 Å². The lowest BCUT2D eigenvalue weighted by atomic mass is 10.3. The predicted octanol–water partition coefficient (Wildman–Crippen LogP) is 0.214. The van der Waals surface area contributed by atoms with Crippen LogP contribution in [0.15, 0.2) is 18.3 Å². The maximum atomic E-state index is 9.84. The largest absolute Gasteiger partial charge is 0.384 e. The summed E-state index contributed by atoms with van der Waals surface area (Å²) < 4.78 is 0. The van der Waals surface area contributed by atoms with Crippen LogP contribution in [0.25, 0.3) is 0 Å². The fraction of sp³-hybridized carbons (Fsp3) is 0. The molecule has 0 radical (unpaired) electrons. The molecule has 1 aromatic heterocycles. The van der Waals surface area contributed by atoms with E-state index in [0.29, 0.717) is 17.7 Å². The Morgan fingerprint density at radius 3 is 3.09 bits per heavy atom. The molecular formula is C8H6N2O. The molecule has 0 aliphatic rings. The second kappa shape index (κ2) is 3.37. The molecule has 0 amide bonds. The van der Waals surface area contributed by atoms with Crippen molar-refractivity contribution >= 4 is 12.1 Å². The number of carbonyl (C=O) groups excluding carboxylic acids is 1. The molecule has 11 heavy (non-hydrogen) atoms. The molecule has 0 saturated carbocycles. The van der Waals surface area contributed by atoms with Crippen molar-refractivity contribution in [1.29, 1.82) is 0 Å². The Morgan fingerprint density at radius 2 is 2.45 bits per heavy atom. The fourth-order valence-electron chi connectivity index (χ4n) is 0.639. The zero-order valence-corrected chi connectivity index (χ0v) is 5.74. The number of nitrogens with two attached hydrogens (primary N) is 1. The van der Waals surface area contributed by atoms with Crippen LogP contribution in [-0.4, -0.2) is 11.3 Å². The molecule has 0 spiro atoms. The highest BCUT2D eigenvalue weighted by atomic mass is 16.1. The first-order valence-electron chi connectivity index (χ1n) is 2.99. The third-order valence-electron chi connectivity index (χ3n) is 1.06. The van der Waals surface area contributed by atoms with Crippen LogP contribution in [0.2, 0.25) is 0 Å². The lowest BCUT2D eigenvalue weighted by molar-refractivity contribution is -0.103. The van der Waals surface area contributed by atoms with E-state index < -0.39 is 0 Å². The molecule has 0 aromatic carbocycles. The summed E-state index contributed by atoms with van der Waals surface area (Å²) in [5.41, 5.74) is 6.06. The summed E-state index contributed by atoms with van der Waals surface area (Å²) in [6.45, 7) is 0. The Hall–Kier alpha value is -1.82. The second-order valence-electron chi connectivity index (χ2n) is 1.86. The van der Waals surface area contributed by atoms with Crippen LogP contribution in [-0.2, 0) is 4.79 Å². The summed E-state index contributed by atoms with van der Waals surface area (Å²) in [7, 11) is 0. The molecule has 0 aliphatic heterocycles. The fourth-order valence-corrected chi connectivity index (χ4v) is 0.639. The van der Waals surface area contributed by atoms with Gasteiger partial charge in [-0.3, -0.25) is 4.79 Å². The van der Waals surface area contributed by atoms with Gasteiger partial charge < -0.3 is 5.73 Å². The number of aromatic nitrogens is 1. The number of rotatable bonds is 0. The van der Waals surface area contributed by atoms with Gasteiger partial charge in [0.25, 0.3) is 0 Å². The minimum Gasteiger partial charge on any atom is -0.384 e. The lowest BCUT2D eigenvalue weighted by Crippen LogP contribution is -1.88. The SMILES string of the molecule is Nc1cc(C#CC=O)ccn1. The van der Waals surface area contributed by atoms with Crippen molar-refractivity contribution < 1.29 is 4.79 Å². The third kappa shape index (κ3) is 2.11. The molecule has 0 aliphatic carbocycles. The molecule has 0 fully saturated rings. The van der Waals surface area contributed by atoms with E-state index in [2.05, 4.69) is 16.8 Å². The Kier molecular flexibility index (Phi) is 2.24. The summed E-state index contributed by atoms with van der Waals surface area (Å²) in [5.74, 6) is 5.28. The summed E-state index contributed by atoms with van der Waals surface area (Å²) in [5, 5.41) is 0. The molecule has 0 saturated heterocycles. The highest BCUT2D eigenvalue weighted by Gasteiger charge is 1.86. The van der Waals surface area contributed by atoms with Gasteiger partial charge in [-0.2, -0.15) is 0 Å². The number of carbonyl (C=O) groups is 1. The van der Waals surface area contributed by atoms with Crippen molar-refractivity contribution in [2.75, 3.05) is 5.73 Å². The van der Waals surface area contributed by atoms with Crippen molar-refractivity contribution in [3.8, 4) is 11.8 Å². The average Bonchev–Trinajstić information content (AvgIpc) is 2.01. The van der Waals surface area contributed by atoms with Crippen molar-refractivity contribution in [2.45, 2.75) is 0 Å². The van der Waals surface area contributed by atoms with E-state index in [9.17, 15) is 4.79 Å². The predicted molar refractivity (Wildman–Crippen MR) is 41.6 cm³/mol. The van der Waals surface area contributed by atoms with E-state index in [1.165, 1.54) is 0 Å². The quantitative estimate of drug-likeness (QED) is 0.420. The van der Waals surface area contributed by atoms with E-state index in [1.54, 1.807) is 18.3 Å². The lowest BCUT2D eigenvalue weighted by Gasteiger charge is -1.90. The number of hydrogen-bond acceptors (Lipinski definition) is 3. The zero-order chi connectivity index (χ0) is 8.10. The Balaban J connectivity index is 2.96. The maximum absolute atomic E-state index is 9.84. The van der Waals surface area contributed by atoms with Gasteiger partial charge in [0.15, 0.2) is 6.29 Å². The van der Waals surface area contributed by atoms with Crippen LogP contribution in [0.5, 0.6) is 0 Å². The number of nitrogens with zero attached hydrogens (tertiary/aromatic N) is 1. The average molecular weight is 146 g/mol. The number of nitrogen functional groups attached to an aromatic ring is 1. The van der Waals surface area contributed by atoms with Gasteiger partial charge in [-0.05, 0) is 18.1 Å². The molecule has 1 heterocycles. The van der Waals surface area contributed by atoms with Gasteiger partial charge in [0.1, 0.15) is 5.82 Å². The van der Waals surface area contributed by atoms with E-state index in [4.69, 9.17) is 5.73 Å². The Morgan fingerprint density at radius 1 is 1.64 bits per heavy atom.